The molecule has 1 heteroatoms. The van der Waals surface area contributed by atoms with Crippen molar-refractivity contribution in [1.29, 1.82) is 0 Å². The van der Waals surface area contributed by atoms with Crippen LogP contribution in [0.3, 0.4) is 0 Å². The van der Waals surface area contributed by atoms with Crippen molar-refractivity contribution in [3.8, 4) is 0 Å². The fraction of sp³-hybridized carbons (Fsp3) is 0.100. The summed E-state index contributed by atoms with van der Waals surface area (Å²) in [5.74, 6) is 0. The number of para-hydroxylation sites is 1. The lowest BCUT2D eigenvalue weighted by Crippen LogP contribution is -2.09. The minimum atomic E-state index is -0.230. The highest BCUT2D eigenvalue weighted by Gasteiger charge is 2.11. The van der Waals surface area contributed by atoms with Crippen LogP contribution in [0.25, 0.3) is 0 Å². The number of benzene rings is 3. The first kappa shape index (κ1) is 9.41. The molecule has 0 saturated carbocycles. The van der Waals surface area contributed by atoms with E-state index in [1.54, 1.807) is 0 Å². The molecule has 3 aromatic carbocycles. The van der Waals surface area contributed by atoms with Gasteiger partial charge in [0.05, 0.1) is 5.48 Å². The molecule has 0 atom stereocenters. The molecule has 0 amide bonds. The van der Waals surface area contributed by atoms with Crippen molar-refractivity contribution in [1.82, 2.24) is 0 Å². The van der Waals surface area contributed by atoms with Crippen molar-refractivity contribution >= 4 is 17.1 Å². The summed E-state index contributed by atoms with van der Waals surface area (Å²) in [4.78, 5) is 1.86. The van der Waals surface area contributed by atoms with Crippen molar-refractivity contribution in [2.45, 2.75) is 13.8 Å². The second kappa shape index (κ2) is 5.84. The molecule has 3 rings (SSSR count). The molecular weight excluding hydrogens is 254 g/mol. The van der Waals surface area contributed by atoms with Crippen LogP contribution in [0, 0.1) is 13.8 Å². The Morgan fingerprint density at radius 1 is 0.619 bits per heavy atom. The molecule has 3 aromatic rings. The predicted molar refractivity (Wildman–Crippen MR) is 90.6 cm³/mol. The monoisotopic (exact) mass is 277 g/mol. The Hall–Kier alpha value is -2.54. The van der Waals surface area contributed by atoms with E-state index in [1.807, 2.05) is 67.3 Å². The maximum Gasteiger partial charge on any atom is 0.0645 e. The summed E-state index contributed by atoms with van der Waals surface area (Å²) in [6.45, 7) is 4.02. The maximum absolute atomic E-state index is 8.31. The Bertz CT molecular complexity index is 857. The van der Waals surface area contributed by atoms with E-state index in [-0.39, 0.29) is 24.2 Å². The second-order valence-electron chi connectivity index (χ2n) is 5.06. The molecule has 0 aliphatic carbocycles. The van der Waals surface area contributed by atoms with E-state index in [1.165, 1.54) is 6.07 Å². The summed E-state index contributed by atoms with van der Waals surface area (Å²) >= 11 is 0. The molecule has 0 fully saturated rings. The van der Waals surface area contributed by atoms with Gasteiger partial charge in [0.2, 0.25) is 0 Å². The average Bonchev–Trinajstić information content (AvgIpc) is 2.61. The molecule has 104 valence electrons. The summed E-state index contributed by atoms with van der Waals surface area (Å²) in [6, 6.07) is 16.7. The quantitative estimate of drug-likeness (QED) is 0.587. The average molecular weight is 277 g/mol. The highest BCUT2D eigenvalue weighted by atomic mass is 15.1. The highest BCUT2D eigenvalue weighted by Crippen LogP contribution is 2.34. The third-order valence-corrected chi connectivity index (χ3v) is 3.36. The summed E-state index contributed by atoms with van der Waals surface area (Å²) in [7, 11) is 0. The fourth-order valence-electron chi connectivity index (χ4n) is 2.21. The van der Waals surface area contributed by atoms with Crippen LogP contribution in [0.15, 0.2) is 78.8 Å². The van der Waals surface area contributed by atoms with Crippen LogP contribution in [0.2, 0.25) is 0 Å². The van der Waals surface area contributed by atoms with Gasteiger partial charge in [0, 0.05) is 17.1 Å². The van der Waals surface area contributed by atoms with Crippen LogP contribution >= 0.6 is 0 Å². The van der Waals surface area contributed by atoms with E-state index in [0.717, 1.165) is 22.5 Å². The molecule has 0 aromatic heterocycles. The van der Waals surface area contributed by atoms with E-state index >= 15 is 0 Å². The predicted octanol–water partition coefficient (Wildman–Crippen LogP) is 5.77. The van der Waals surface area contributed by atoms with Gasteiger partial charge in [-0.15, -0.1) is 0 Å². The van der Waals surface area contributed by atoms with Crippen LogP contribution in [0.1, 0.15) is 16.6 Å². The zero-order valence-electron chi connectivity index (χ0n) is 16.1. The minimum absolute atomic E-state index is 0.0536. The lowest BCUT2D eigenvalue weighted by molar-refractivity contribution is 1.27. The molecule has 0 radical (unpaired) electrons. The Kier molecular flexibility index (Phi) is 2.62. The van der Waals surface area contributed by atoms with Crippen molar-refractivity contribution in [3.05, 3.63) is 89.9 Å². The smallest absolute Gasteiger partial charge is 0.0645 e. The topological polar surface area (TPSA) is 3.24 Å². The van der Waals surface area contributed by atoms with Crippen molar-refractivity contribution in [2.75, 3.05) is 4.90 Å². The van der Waals surface area contributed by atoms with E-state index < -0.39 is 0 Å². The van der Waals surface area contributed by atoms with E-state index in [2.05, 4.69) is 0 Å². The third kappa shape index (κ3) is 2.97. The number of hydrogen-bond acceptors (Lipinski definition) is 1. The zero-order chi connectivity index (χ0) is 18.1. The molecule has 1 nitrogen and oxygen atoms in total. The van der Waals surface area contributed by atoms with Crippen molar-refractivity contribution in [2.24, 2.45) is 0 Å². The van der Waals surface area contributed by atoms with Gasteiger partial charge in [-0.2, -0.15) is 0 Å². The normalized spacial score (nSPS) is 13.0. The van der Waals surface area contributed by atoms with Crippen LogP contribution in [-0.4, -0.2) is 0 Å². The molecule has 0 unspecified atom stereocenters. The number of anilines is 3. The van der Waals surface area contributed by atoms with E-state index in [4.69, 9.17) is 5.48 Å². The molecule has 0 heterocycles. The lowest BCUT2D eigenvalue weighted by Gasteiger charge is -2.25. The van der Waals surface area contributed by atoms with Crippen LogP contribution in [0.5, 0.6) is 0 Å². The highest BCUT2D eigenvalue weighted by molar-refractivity contribution is 5.76. The number of hydrogen-bond donors (Lipinski definition) is 0. The molecule has 0 spiro atoms. The first-order chi connectivity index (χ1) is 11.9. The largest absolute Gasteiger partial charge is 0.311 e. The minimum Gasteiger partial charge on any atom is -0.311 e. The molecule has 0 aliphatic heterocycles. The molecule has 21 heavy (non-hydrogen) atoms. The molecule has 0 aliphatic rings. The van der Waals surface area contributed by atoms with Gasteiger partial charge in [0.15, 0.2) is 0 Å². The number of rotatable bonds is 3. The molecular formula is C20H19N. The summed E-state index contributed by atoms with van der Waals surface area (Å²) in [5.41, 5.74) is 4.38. The van der Waals surface area contributed by atoms with E-state index in [0.29, 0.717) is 5.69 Å². The molecule has 0 bridgehead atoms. The Labute approximate surface area is 132 Å². The molecule has 0 saturated heterocycles. The maximum atomic E-state index is 8.31. The zero-order valence-corrected chi connectivity index (χ0v) is 12.1. The first-order valence-corrected chi connectivity index (χ1v) is 6.89. The summed E-state index contributed by atoms with van der Waals surface area (Å²) in [5, 5.41) is 0. The fourth-order valence-corrected chi connectivity index (χ4v) is 2.21. The first-order valence-electron chi connectivity index (χ1n) is 8.89. The van der Waals surface area contributed by atoms with Crippen molar-refractivity contribution < 1.29 is 5.48 Å². The SMILES string of the molecule is [2H]c1cc(N(c2ccc(C)cc2)c2ccc(C)cc2)c([2H])c([2H])c1[2H]. The van der Waals surface area contributed by atoms with Crippen LogP contribution in [0.4, 0.5) is 17.1 Å². The van der Waals surface area contributed by atoms with Gasteiger partial charge in [0.1, 0.15) is 0 Å². The third-order valence-electron chi connectivity index (χ3n) is 3.36. The summed E-state index contributed by atoms with van der Waals surface area (Å²) in [6.07, 6.45) is 0. The van der Waals surface area contributed by atoms with Gasteiger partial charge < -0.3 is 4.90 Å². The van der Waals surface area contributed by atoms with Gasteiger partial charge >= 0.3 is 0 Å². The van der Waals surface area contributed by atoms with Crippen LogP contribution in [-0.2, 0) is 0 Å². The standard InChI is InChI=1S/C20H19N/c1-16-8-12-19(13-9-16)21(18-6-4-3-5-7-18)20-14-10-17(2)11-15-20/h3-15H,1-2H3/i3D,4D,5D,6D. The van der Waals surface area contributed by atoms with Gasteiger partial charge in [-0.1, -0.05) is 53.5 Å². The second-order valence-corrected chi connectivity index (χ2v) is 5.06. The van der Waals surface area contributed by atoms with Gasteiger partial charge in [-0.05, 0) is 50.2 Å². The number of aryl methyl sites for hydroxylation is 2. The Morgan fingerprint density at radius 2 is 1.14 bits per heavy atom. The Morgan fingerprint density at radius 3 is 1.67 bits per heavy atom. The van der Waals surface area contributed by atoms with Gasteiger partial charge in [-0.3, -0.25) is 0 Å². The molecule has 0 N–H and O–H groups in total. The lowest BCUT2D eigenvalue weighted by atomic mass is 10.1. The van der Waals surface area contributed by atoms with Gasteiger partial charge in [0.25, 0.3) is 0 Å². The van der Waals surface area contributed by atoms with Crippen LogP contribution < -0.4 is 4.90 Å². The van der Waals surface area contributed by atoms with E-state index in [9.17, 15) is 0 Å². The van der Waals surface area contributed by atoms with Crippen molar-refractivity contribution in [3.63, 3.8) is 0 Å². The number of nitrogens with zero attached hydrogens (tertiary/aromatic N) is 1. The summed E-state index contributed by atoms with van der Waals surface area (Å²) < 4.78 is 32.0. The van der Waals surface area contributed by atoms with Gasteiger partial charge in [-0.25, -0.2) is 0 Å². The Balaban J connectivity index is 2.25.